The summed E-state index contributed by atoms with van der Waals surface area (Å²) < 4.78 is 35.1. The summed E-state index contributed by atoms with van der Waals surface area (Å²) in [5.74, 6) is -1.52. The Hall–Kier alpha value is -0.930. The van der Waals surface area contributed by atoms with Gasteiger partial charge in [-0.15, -0.1) is 0 Å². The van der Waals surface area contributed by atoms with Crippen molar-refractivity contribution in [2.45, 2.75) is 96.3 Å². The van der Waals surface area contributed by atoms with E-state index in [1.54, 1.807) is 0 Å². The van der Waals surface area contributed by atoms with Gasteiger partial charge in [0.05, 0.1) is 0 Å². The molecule has 5 atom stereocenters. The fraction of sp³-hybridized carbons (Fsp3) is 0.941. The molecule has 3 aliphatic heterocycles. The van der Waals surface area contributed by atoms with Crippen LogP contribution in [0.4, 0.5) is 4.79 Å². The number of carbonyl (C=O) groups excluding carboxylic acids is 1. The molecule has 3 heterocycles. The number of amides is 1. The quantitative estimate of drug-likeness (QED) is 0.806. The van der Waals surface area contributed by atoms with Gasteiger partial charge in [-0.2, -0.15) is 0 Å². The van der Waals surface area contributed by atoms with Gasteiger partial charge in [0, 0.05) is 6.54 Å². The van der Waals surface area contributed by atoms with Crippen molar-refractivity contribution in [1.82, 2.24) is 5.32 Å². The Morgan fingerprint density at radius 1 is 0.960 bits per heavy atom. The maximum atomic E-state index is 11.9. The molecule has 3 aliphatic rings. The maximum Gasteiger partial charge on any atom is 0.407 e. The van der Waals surface area contributed by atoms with Crippen LogP contribution in [-0.2, 0) is 28.4 Å². The van der Waals surface area contributed by atoms with E-state index in [2.05, 4.69) is 5.32 Å². The van der Waals surface area contributed by atoms with Crippen LogP contribution in [0.25, 0.3) is 0 Å². The molecule has 0 spiro atoms. The van der Waals surface area contributed by atoms with Crippen molar-refractivity contribution in [2.24, 2.45) is 0 Å². The average molecular weight is 359 g/mol. The Bertz CT molecular complexity index is 528. The molecule has 3 rings (SSSR count). The molecule has 0 radical (unpaired) electrons. The molecule has 0 aromatic rings. The molecule has 3 saturated heterocycles. The largest absolute Gasteiger partial charge is 0.444 e. The van der Waals surface area contributed by atoms with E-state index in [9.17, 15) is 4.79 Å². The SMILES string of the molecule is CC(C)(C)OC(=O)NC[C@H]1O[C@@H]2OC(C)(C)O[C@@H]2[C@H]2OC(C)(C)O[C@H]21. The molecular formula is C17H29NO7. The van der Waals surface area contributed by atoms with E-state index in [0.29, 0.717) is 0 Å². The number of ether oxygens (including phenoxy) is 6. The number of carbonyl (C=O) groups is 1. The zero-order chi connectivity index (χ0) is 18.6. The van der Waals surface area contributed by atoms with Crippen molar-refractivity contribution in [2.75, 3.05) is 6.54 Å². The van der Waals surface area contributed by atoms with Crippen molar-refractivity contribution in [3.05, 3.63) is 0 Å². The highest BCUT2D eigenvalue weighted by molar-refractivity contribution is 5.67. The summed E-state index contributed by atoms with van der Waals surface area (Å²) in [5.41, 5.74) is -0.563. The maximum absolute atomic E-state index is 11.9. The summed E-state index contributed by atoms with van der Waals surface area (Å²) >= 11 is 0. The first kappa shape index (κ1) is 18.8. The number of hydrogen-bond donors (Lipinski definition) is 1. The number of hydrogen-bond acceptors (Lipinski definition) is 7. The minimum Gasteiger partial charge on any atom is -0.444 e. The van der Waals surface area contributed by atoms with Gasteiger partial charge in [-0.1, -0.05) is 0 Å². The van der Waals surface area contributed by atoms with Gasteiger partial charge in [-0.3, -0.25) is 0 Å². The van der Waals surface area contributed by atoms with Crippen molar-refractivity contribution >= 4 is 6.09 Å². The van der Waals surface area contributed by atoms with Crippen LogP contribution in [0.15, 0.2) is 0 Å². The predicted octanol–water partition coefficient (Wildman–Crippen LogP) is 1.91. The third kappa shape index (κ3) is 4.25. The molecule has 1 N–H and O–H groups in total. The van der Waals surface area contributed by atoms with E-state index in [1.165, 1.54) is 0 Å². The monoisotopic (exact) mass is 359 g/mol. The lowest BCUT2D eigenvalue weighted by Crippen LogP contribution is -2.58. The molecule has 8 nitrogen and oxygen atoms in total. The summed E-state index contributed by atoms with van der Waals surface area (Å²) in [6.07, 6.45) is -2.58. The van der Waals surface area contributed by atoms with E-state index in [4.69, 9.17) is 28.4 Å². The standard InChI is InChI=1S/C17H29NO7/c1-15(2,3)25-14(19)18-8-9-10-11(22-16(4,5)21-10)12-13(20-9)24-17(6,7)23-12/h9-13H,8H2,1-7H3,(H,18,19)/t9-,10+,11+,12-,13-/m1/s1. The third-order valence-corrected chi connectivity index (χ3v) is 4.10. The Morgan fingerprint density at radius 3 is 2.16 bits per heavy atom. The van der Waals surface area contributed by atoms with Gasteiger partial charge >= 0.3 is 6.09 Å². The summed E-state index contributed by atoms with van der Waals surface area (Å²) in [5, 5.41) is 2.73. The lowest BCUT2D eigenvalue weighted by atomic mass is 9.99. The van der Waals surface area contributed by atoms with Crippen LogP contribution in [-0.4, -0.2) is 60.5 Å². The Morgan fingerprint density at radius 2 is 1.52 bits per heavy atom. The van der Waals surface area contributed by atoms with Crippen molar-refractivity contribution in [3.8, 4) is 0 Å². The second-order valence-corrected chi connectivity index (χ2v) is 8.59. The van der Waals surface area contributed by atoms with E-state index in [1.807, 2.05) is 48.5 Å². The minimum absolute atomic E-state index is 0.225. The summed E-state index contributed by atoms with van der Waals surface area (Å²) in [6, 6.07) is 0. The van der Waals surface area contributed by atoms with Crippen LogP contribution in [0.2, 0.25) is 0 Å². The molecule has 0 aromatic carbocycles. The highest BCUT2D eigenvalue weighted by Crippen LogP contribution is 2.43. The zero-order valence-electron chi connectivity index (χ0n) is 16.0. The van der Waals surface area contributed by atoms with Crippen molar-refractivity contribution in [1.29, 1.82) is 0 Å². The molecule has 0 aliphatic carbocycles. The Labute approximate surface area is 148 Å². The number of fused-ring (bicyclic) bond motifs is 3. The normalized spacial score (nSPS) is 38.8. The highest BCUT2D eigenvalue weighted by atomic mass is 16.9. The topological polar surface area (TPSA) is 84.5 Å². The molecule has 0 unspecified atom stereocenters. The number of nitrogens with one attached hydrogen (secondary N) is 1. The molecule has 0 aromatic heterocycles. The molecule has 8 heteroatoms. The summed E-state index contributed by atoms with van der Waals surface area (Å²) in [4.78, 5) is 11.9. The predicted molar refractivity (Wildman–Crippen MR) is 86.8 cm³/mol. The van der Waals surface area contributed by atoms with E-state index in [-0.39, 0.29) is 24.9 Å². The van der Waals surface area contributed by atoms with Crippen LogP contribution < -0.4 is 5.32 Å². The van der Waals surface area contributed by atoms with Crippen LogP contribution in [0, 0.1) is 0 Å². The number of alkyl carbamates (subject to hydrolysis) is 1. The summed E-state index contributed by atoms with van der Waals surface area (Å²) in [7, 11) is 0. The molecular weight excluding hydrogens is 330 g/mol. The smallest absolute Gasteiger partial charge is 0.407 e. The second-order valence-electron chi connectivity index (χ2n) is 8.59. The molecule has 1 amide bonds. The highest BCUT2D eigenvalue weighted by Gasteiger charge is 2.60. The van der Waals surface area contributed by atoms with E-state index in [0.717, 1.165) is 0 Å². The molecule has 0 saturated carbocycles. The fourth-order valence-electron chi connectivity index (χ4n) is 3.36. The van der Waals surface area contributed by atoms with Crippen LogP contribution >= 0.6 is 0 Å². The zero-order valence-corrected chi connectivity index (χ0v) is 16.0. The molecule has 3 fully saturated rings. The first-order valence-corrected chi connectivity index (χ1v) is 8.69. The molecule has 0 bridgehead atoms. The van der Waals surface area contributed by atoms with Crippen molar-refractivity contribution < 1.29 is 33.2 Å². The van der Waals surface area contributed by atoms with Crippen molar-refractivity contribution in [3.63, 3.8) is 0 Å². The third-order valence-electron chi connectivity index (χ3n) is 4.10. The van der Waals surface area contributed by atoms with Gasteiger partial charge in [0.1, 0.15) is 30.0 Å². The first-order chi connectivity index (χ1) is 11.4. The van der Waals surface area contributed by atoms with E-state index < -0.39 is 35.7 Å². The van der Waals surface area contributed by atoms with Gasteiger partial charge in [0.2, 0.25) is 0 Å². The lowest BCUT2D eigenvalue weighted by Gasteiger charge is -2.37. The van der Waals surface area contributed by atoms with Gasteiger partial charge < -0.3 is 33.7 Å². The lowest BCUT2D eigenvalue weighted by molar-refractivity contribution is -0.232. The second kappa shape index (κ2) is 6.06. The first-order valence-electron chi connectivity index (χ1n) is 8.69. The Balaban J connectivity index is 1.68. The van der Waals surface area contributed by atoms with E-state index >= 15 is 0 Å². The van der Waals surface area contributed by atoms with Crippen LogP contribution in [0.1, 0.15) is 48.5 Å². The van der Waals surface area contributed by atoms with Gasteiger partial charge in [0.15, 0.2) is 17.9 Å². The minimum atomic E-state index is -0.760. The van der Waals surface area contributed by atoms with Crippen LogP contribution in [0.5, 0.6) is 0 Å². The summed E-state index contributed by atoms with van der Waals surface area (Å²) in [6.45, 7) is 13.0. The number of rotatable bonds is 2. The Kier molecular flexibility index (Phi) is 4.57. The molecule has 25 heavy (non-hydrogen) atoms. The molecule has 144 valence electrons. The van der Waals surface area contributed by atoms with Gasteiger partial charge in [-0.05, 0) is 48.5 Å². The average Bonchev–Trinajstić information content (AvgIpc) is 2.88. The van der Waals surface area contributed by atoms with Gasteiger partial charge in [0.25, 0.3) is 0 Å². The van der Waals surface area contributed by atoms with Crippen LogP contribution in [0.3, 0.4) is 0 Å². The van der Waals surface area contributed by atoms with Gasteiger partial charge in [-0.25, -0.2) is 4.79 Å². The fourth-order valence-corrected chi connectivity index (χ4v) is 3.36.